The number of aromatic nitrogens is 3. The highest BCUT2D eigenvalue weighted by molar-refractivity contribution is 6.31. The molecule has 0 amide bonds. The van der Waals surface area contributed by atoms with E-state index in [1.54, 1.807) is 18.2 Å². The van der Waals surface area contributed by atoms with Crippen LogP contribution in [0.2, 0.25) is 5.02 Å². The molecule has 106 valence electrons. The van der Waals surface area contributed by atoms with Crippen molar-refractivity contribution in [3.8, 4) is 11.8 Å². The summed E-state index contributed by atoms with van der Waals surface area (Å²) in [5.41, 5.74) is 8.21. The molecule has 0 aliphatic rings. The zero-order valence-corrected chi connectivity index (χ0v) is 12.3. The van der Waals surface area contributed by atoms with Crippen LogP contribution in [0.3, 0.4) is 0 Å². The Morgan fingerprint density at radius 2 is 1.90 bits per heavy atom. The van der Waals surface area contributed by atoms with E-state index in [0.717, 1.165) is 29.8 Å². The molecule has 5 nitrogen and oxygen atoms in total. The number of hydrogen-bond donors (Lipinski definition) is 1. The molecule has 2 aromatic rings. The van der Waals surface area contributed by atoms with Gasteiger partial charge >= 0.3 is 6.01 Å². The van der Waals surface area contributed by atoms with Gasteiger partial charge in [-0.1, -0.05) is 36.6 Å². The van der Waals surface area contributed by atoms with Gasteiger partial charge in [0.25, 0.3) is 0 Å². The first kappa shape index (κ1) is 14.7. The molecule has 0 radical (unpaired) electrons. The summed E-state index contributed by atoms with van der Waals surface area (Å²) in [6.45, 7) is 4.34. The first-order valence-corrected chi connectivity index (χ1v) is 6.95. The van der Waals surface area contributed by atoms with Crippen LogP contribution < -0.4 is 10.5 Å². The lowest BCUT2D eigenvalue weighted by Crippen LogP contribution is -2.06. The van der Waals surface area contributed by atoms with Gasteiger partial charge in [0.1, 0.15) is 5.75 Å². The molecule has 2 N–H and O–H groups in total. The molecule has 1 aromatic carbocycles. The van der Waals surface area contributed by atoms with Gasteiger partial charge in [-0.25, -0.2) is 0 Å². The van der Waals surface area contributed by atoms with Crippen molar-refractivity contribution in [2.24, 2.45) is 5.73 Å². The van der Waals surface area contributed by atoms with E-state index in [-0.39, 0.29) is 12.6 Å². The second kappa shape index (κ2) is 6.63. The van der Waals surface area contributed by atoms with Crippen LogP contribution in [-0.2, 0) is 19.4 Å². The van der Waals surface area contributed by atoms with E-state index in [1.807, 2.05) is 13.8 Å². The lowest BCUT2D eigenvalue weighted by molar-refractivity contribution is 0.424. The number of aryl methyl sites for hydroxylation is 2. The molecule has 2 rings (SSSR count). The van der Waals surface area contributed by atoms with E-state index in [2.05, 4.69) is 15.2 Å². The van der Waals surface area contributed by atoms with E-state index in [9.17, 15) is 0 Å². The molecule has 0 aliphatic carbocycles. The zero-order chi connectivity index (χ0) is 14.5. The first-order valence-electron chi connectivity index (χ1n) is 6.57. The Hall–Kier alpha value is -1.72. The number of benzene rings is 1. The van der Waals surface area contributed by atoms with E-state index in [1.165, 1.54) is 0 Å². The number of halogens is 1. The molecule has 0 spiro atoms. The molecule has 20 heavy (non-hydrogen) atoms. The summed E-state index contributed by atoms with van der Waals surface area (Å²) in [5, 5.41) is 8.70. The van der Waals surface area contributed by atoms with Gasteiger partial charge in [0, 0.05) is 17.1 Å². The maximum atomic E-state index is 6.09. The molecule has 0 fully saturated rings. The number of nitrogens with zero attached hydrogens (tertiary/aromatic N) is 3. The fourth-order valence-corrected chi connectivity index (χ4v) is 2.14. The fourth-order valence-electron chi connectivity index (χ4n) is 1.90. The lowest BCUT2D eigenvalue weighted by atomic mass is 10.2. The second-order valence-electron chi connectivity index (χ2n) is 4.22. The minimum atomic E-state index is 0.219. The van der Waals surface area contributed by atoms with Gasteiger partial charge < -0.3 is 10.5 Å². The van der Waals surface area contributed by atoms with Crippen LogP contribution in [0.4, 0.5) is 0 Å². The third-order valence-corrected chi connectivity index (χ3v) is 3.33. The van der Waals surface area contributed by atoms with Gasteiger partial charge in [0.05, 0.1) is 11.4 Å². The molecule has 0 bridgehead atoms. The maximum absolute atomic E-state index is 6.09. The van der Waals surface area contributed by atoms with Crippen LogP contribution >= 0.6 is 11.6 Å². The first-order chi connectivity index (χ1) is 9.69. The molecule has 0 aliphatic heterocycles. The summed E-state index contributed by atoms with van der Waals surface area (Å²) >= 11 is 6.09. The Balaban J connectivity index is 2.33. The van der Waals surface area contributed by atoms with Crippen LogP contribution in [0, 0.1) is 0 Å². The Kier molecular flexibility index (Phi) is 4.87. The van der Waals surface area contributed by atoms with Gasteiger partial charge in [-0.15, -0.1) is 5.10 Å². The Morgan fingerprint density at radius 1 is 1.15 bits per heavy atom. The molecule has 0 unspecified atom stereocenters. The van der Waals surface area contributed by atoms with Gasteiger partial charge in [-0.05, 0) is 25.0 Å². The summed E-state index contributed by atoms with van der Waals surface area (Å²) in [7, 11) is 0. The van der Waals surface area contributed by atoms with Crippen LogP contribution in [0.1, 0.15) is 30.8 Å². The van der Waals surface area contributed by atoms with Crippen molar-refractivity contribution >= 4 is 11.6 Å². The van der Waals surface area contributed by atoms with E-state index >= 15 is 0 Å². The van der Waals surface area contributed by atoms with Crippen molar-refractivity contribution in [1.29, 1.82) is 0 Å². The monoisotopic (exact) mass is 292 g/mol. The van der Waals surface area contributed by atoms with Crippen molar-refractivity contribution in [3.63, 3.8) is 0 Å². The number of rotatable bonds is 5. The average molecular weight is 293 g/mol. The number of hydrogen-bond acceptors (Lipinski definition) is 5. The predicted octanol–water partition coefficient (Wildman–Crippen LogP) is 2.90. The molecular weight excluding hydrogens is 276 g/mol. The average Bonchev–Trinajstić information content (AvgIpc) is 2.47. The minimum absolute atomic E-state index is 0.219. The van der Waals surface area contributed by atoms with Crippen LogP contribution in [-0.4, -0.2) is 15.2 Å². The largest absolute Gasteiger partial charge is 0.423 e. The smallest absolute Gasteiger partial charge is 0.341 e. The zero-order valence-electron chi connectivity index (χ0n) is 11.6. The maximum Gasteiger partial charge on any atom is 0.341 e. The molecule has 1 aromatic heterocycles. The Labute approximate surface area is 123 Å². The quantitative estimate of drug-likeness (QED) is 0.917. The molecule has 6 heteroatoms. The van der Waals surface area contributed by atoms with E-state index in [4.69, 9.17) is 22.1 Å². The molecule has 0 saturated heterocycles. The number of nitrogens with two attached hydrogens (primary N) is 1. The third-order valence-electron chi connectivity index (χ3n) is 2.97. The summed E-state index contributed by atoms with van der Waals surface area (Å²) in [6.07, 6.45) is 1.59. The van der Waals surface area contributed by atoms with Crippen LogP contribution in [0.5, 0.6) is 11.8 Å². The normalized spacial score (nSPS) is 10.6. The van der Waals surface area contributed by atoms with Crippen LogP contribution in [0.25, 0.3) is 0 Å². The van der Waals surface area contributed by atoms with Crippen molar-refractivity contribution < 1.29 is 4.74 Å². The molecule has 0 atom stereocenters. The molecular formula is C14H17ClN4O. The third kappa shape index (κ3) is 3.05. The minimum Gasteiger partial charge on any atom is -0.423 e. The highest BCUT2D eigenvalue weighted by Crippen LogP contribution is 2.28. The van der Waals surface area contributed by atoms with Crippen molar-refractivity contribution in [1.82, 2.24) is 15.2 Å². The lowest BCUT2D eigenvalue weighted by Gasteiger charge is -2.10. The second-order valence-corrected chi connectivity index (χ2v) is 4.62. The van der Waals surface area contributed by atoms with Gasteiger partial charge in [-0.3, -0.25) is 0 Å². The van der Waals surface area contributed by atoms with E-state index in [0.29, 0.717) is 10.8 Å². The van der Waals surface area contributed by atoms with Crippen molar-refractivity contribution in [3.05, 3.63) is 40.2 Å². The Morgan fingerprint density at radius 3 is 2.55 bits per heavy atom. The Bertz CT molecular complexity index is 604. The number of ether oxygens (including phenoxy) is 1. The summed E-state index contributed by atoms with van der Waals surface area (Å²) < 4.78 is 5.67. The predicted molar refractivity (Wildman–Crippen MR) is 78.0 cm³/mol. The van der Waals surface area contributed by atoms with Crippen LogP contribution in [0.15, 0.2) is 18.2 Å². The van der Waals surface area contributed by atoms with Crippen molar-refractivity contribution in [2.75, 3.05) is 0 Å². The summed E-state index contributed by atoms with van der Waals surface area (Å²) in [4.78, 5) is 4.38. The topological polar surface area (TPSA) is 73.9 Å². The summed E-state index contributed by atoms with van der Waals surface area (Å²) in [6, 6.07) is 5.58. The van der Waals surface area contributed by atoms with E-state index < -0.39 is 0 Å². The van der Waals surface area contributed by atoms with Gasteiger partial charge in [0.15, 0.2) is 0 Å². The molecule has 0 saturated carbocycles. The SMILES string of the molecule is CCc1nnc(Oc2cccc(Cl)c2CN)nc1CC. The fraction of sp³-hybridized carbons (Fsp3) is 0.357. The molecule has 1 heterocycles. The standard InChI is InChI=1S/C14H17ClN4O/c1-3-11-12(4-2)18-19-14(17-11)20-13-7-5-6-10(15)9(13)8-16/h5-7H,3-4,8,16H2,1-2H3. The summed E-state index contributed by atoms with van der Waals surface area (Å²) in [5.74, 6) is 0.563. The van der Waals surface area contributed by atoms with Crippen molar-refractivity contribution in [2.45, 2.75) is 33.2 Å². The van der Waals surface area contributed by atoms with Gasteiger partial charge in [0.2, 0.25) is 0 Å². The highest BCUT2D eigenvalue weighted by Gasteiger charge is 2.11. The van der Waals surface area contributed by atoms with Gasteiger partial charge in [-0.2, -0.15) is 4.98 Å². The highest BCUT2D eigenvalue weighted by atomic mass is 35.5.